The Kier molecular flexibility index (Phi) is 7.46. The van der Waals surface area contributed by atoms with E-state index in [1.54, 1.807) is 0 Å². The second-order valence-corrected chi connectivity index (χ2v) is 8.11. The Morgan fingerprint density at radius 1 is 1.03 bits per heavy atom. The van der Waals surface area contributed by atoms with Crippen molar-refractivity contribution in [3.05, 3.63) is 100 Å². The SMILES string of the molecule is Cc1nc2c(OCc3c(F)ccc(F)c3F)cccn2c1C(=O)NC(CNC(=O)O)c1ccc(F)c(F)c1. The lowest BCUT2D eigenvalue weighted by atomic mass is 10.1. The van der Waals surface area contributed by atoms with Crippen LogP contribution in [0.25, 0.3) is 5.65 Å². The van der Waals surface area contributed by atoms with Crippen LogP contribution in [0.2, 0.25) is 0 Å². The minimum atomic E-state index is -1.40. The lowest BCUT2D eigenvalue weighted by Gasteiger charge is -2.19. The maximum Gasteiger partial charge on any atom is 0.404 e. The van der Waals surface area contributed by atoms with Gasteiger partial charge in [0.15, 0.2) is 34.7 Å². The quantitative estimate of drug-likeness (QED) is 0.225. The molecule has 0 aliphatic carbocycles. The number of fused-ring (bicyclic) bond motifs is 1. The molecule has 2 aromatic heterocycles. The number of rotatable bonds is 8. The van der Waals surface area contributed by atoms with Gasteiger partial charge in [-0.2, -0.15) is 0 Å². The van der Waals surface area contributed by atoms with Gasteiger partial charge >= 0.3 is 6.09 Å². The van der Waals surface area contributed by atoms with Gasteiger partial charge in [0.05, 0.1) is 17.3 Å². The van der Waals surface area contributed by atoms with Gasteiger partial charge in [0, 0.05) is 12.7 Å². The number of ether oxygens (including phenoxy) is 1. The van der Waals surface area contributed by atoms with E-state index in [4.69, 9.17) is 9.84 Å². The number of halogens is 5. The molecule has 4 rings (SSSR count). The number of aryl methyl sites for hydroxylation is 1. The molecule has 0 aliphatic heterocycles. The predicted molar refractivity (Wildman–Crippen MR) is 123 cm³/mol. The number of carbonyl (C=O) groups is 2. The first-order chi connectivity index (χ1) is 18.1. The molecule has 8 nitrogen and oxygen atoms in total. The number of pyridine rings is 1. The Morgan fingerprint density at radius 3 is 2.45 bits per heavy atom. The molecule has 0 bridgehead atoms. The molecule has 0 radical (unpaired) electrons. The van der Waals surface area contributed by atoms with E-state index in [-0.39, 0.29) is 34.9 Å². The Hall–Kier alpha value is -4.68. The monoisotopic (exact) mass is 534 g/mol. The molecule has 0 saturated carbocycles. The minimum Gasteiger partial charge on any atom is -0.485 e. The highest BCUT2D eigenvalue weighted by molar-refractivity contribution is 5.95. The van der Waals surface area contributed by atoms with Crippen molar-refractivity contribution in [3.63, 3.8) is 0 Å². The third-order valence-electron chi connectivity index (χ3n) is 5.62. The Balaban J connectivity index is 1.63. The number of aromatic nitrogens is 2. The van der Waals surface area contributed by atoms with Crippen molar-refractivity contribution < 1.29 is 41.4 Å². The summed E-state index contributed by atoms with van der Waals surface area (Å²) in [5, 5.41) is 13.6. The summed E-state index contributed by atoms with van der Waals surface area (Å²) in [6.07, 6.45) is 0.0634. The van der Waals surface area contributed by atoms with Gasteiger partial charge in [-0.1, -0.05) is 6.07 Å². The zero-order valence-electron chi connectivity index (χ0n) is 19.6. The van der Waals surface area contributed by atoms with Gasteiger partial charge < -0.3 is 20.5 Å². The minimum absolute atomic E-state index is 0.00326. The summed E-state index contributed by atoms with van der Waals surface area (Å²) >= 11 is 0. The summed E-state index contributed by atoms with van der Waals surface area (Å²) in [6.45, 7) is 0.475. The van der Waals surface area contributed by atoms with E-state index in [0.717, 1.165) is 18.2 Å². The molecule has 3 N–H and O–H groups in total. The number of nitrogens with one attached hydrogen (secondary N) is 2. The van der Waals surface area contributed by atoms with Crippen LogP contribution in [0, 0.1) is 36.0 Å². The molecule has 2 amide bonds. The van der Waals surface area contributed by atoms with Crippen LogP contribution in [0.1, 0.15) is 33.4 Å². The summed E-state index contributed by atoms with van der Waals surface area (Å²) in [5.74, 6) is -6.65. The van der Waals surface area contributed by atoms with Gasteiger partial charge in [0.1, 0.15) is 18.1 Å². The van der Waals surface area contributed by atoms with Crippen LogP contribution in [-0.2, 0) is 6.61 Å². The number of hydrogen-bond acceptors (Lipinski definition) is 4. The van der Waals surface area contributed by atoms with Gasteiger partial charge in [-0.3, -0.25) is 9.20 Å². The van der Waals surface area contributed by atoms with Crippen molar-refractivity contribution in [3.8, 4) is 5.75 Å². The lowest BCUT2D eigenvalue weighted by molar-refractivity contribution is 0.0928. The first kappa shape index (κ1) is 26.4. The van der Waals surface area contributed by atoms with Gasteiger partial charge in [-0.25, -0.2) is 31.7 Å². The molecule has 0 saturated heterocycles. The second-order valence-electron chi connectivity index (χ2n) is 8.11. The molecule has 38 heavy (non-hydrogen) atoms. The number of imidazole rings is 1. The zero-order chi connectivity index (χ0) is 27.6. The number of nitrogens with zero attached hydrogens (tertiary/aromatic N) is 2. The normalized spacial score (nSPS) is 11.8. The Bertz CT molecular complexity index is 1540. The Labute approximate surface area is 211 Å². The average molecular weight is 534 g/mol. The van der Waals surface area contributed by atoms with Gasteiger partial charge in [0.25, 0.3) is 5.91 Å². The van der Waals surface area contributed by atoms with Gasteiger partial charge in [0.2, 0.25) is 0 Å². The van der Waals surface area contributed by atoms with Crippen LogP contribution < -0.4 is 15.4 Å². The van der Waals surface area contributed by atoms with Crippen LogP contribution in [0.15, 0.2) is 48.7 Å². The fourth-order valence-electron chi connectivity index (χ4n) is 3.79. The largest absolute Gasteiger partial charge is 0.485 e. The van der Waals surface area contributed by atoms with Crippen LogP contribution in [-0.4, -0.2) is 33.0 Å². The number of carbonyl (C=O) groups excluding carboxylic acids is 1. The maximum absolute atomic E-state index is 14.0. The van der Waals surface area contributed by atoms with E-state index in [1.807, 2.05) is 0 Å². The van der Waals surface area contributed by atoms with Crippen molar-refractivity contribution in [2.45, 2.75) is 19.6 Å². The zero-order valence-corrected chi connectivity index (χ0v) is 19.6. The number of benzene rings is 2. The van der Waals surface area contributed by atoms with E-state index in [9.17, 15) is 31.5 Å². The van der Waals surface area contributed by atoms with Crippen molar-refractivity contribution >= 4 is 17.6 Å². The van der Waals surface area contributed by atoms with Crippen molar-refractivity contribution in [2.75, 3.05) is 6.54 Å². The smallest absolute Gasteiger partial charge is 0.404 e. The summed E-state index contributed by atoms with van der Waals surface area (Å²) in [6, 6.07) is 6.11. The second kappa shape index (κ2) is 10.7. The summed E-state index contributed by atoms with van der Waals surface area (Å²) in [5.41, 5.74) is -0.233. The highest BCUT2D eigenvalue weighted by Crippen LogP contribution is 2.25. The summed E-state index contributed by atoms with van der Waals surface area (Å²) in [4.78, 5) is 28.5. The molecule has 1 unspecified atom stereocenters. The molecule has 13 heteroatoms. The van der Waals surface area contributed by atoms with Crippen LogP contribution in [0.4, 0.5) is 26.7 Å². The van der Waals surface area contributed by atoms with E-state index < -0.39 is 59.3 Å². The number of hydrogen-bond donors (Lipinski definition) is 3. The van der Waals surface area contributed by atoms with E-state index >= 15 is 0 Å². The van der Waals surface area contributed by atoms with Gasteiger partial charge in [-0.15, -0.1) is 0 Å². The molecule has 1 atom stereocenters. The molecule has 2 heterocycles. The molecular formula is C25H19F5N4O4. The molecule has 0 spiro atoms. The first-order valence-corrected chi connectivity index (χ1v) is 11.0. The van der Waals surface area contributed by atoms with Gasteiger partial charge in [-0.05, 0) is 48.9 Å². The van der Waals surface area contributed by atoms with Crippen molar-refractivity contribution in [1.82, 2.24) is 20.0 Å². The van der Waals surface area contributed by atoms with E-state index in [2.05, 4.69) is 15.6 Å². The molecule has 4 aromatic rings. The fourth-order valence-corrected chi connectivity index (χ4v) is 3.79. The Morgan fingerprint density at radius 2 is 1.74 bits per heavy atom. The van der Waals surface area contributed by atoms with Crippen LogP contribution >= 0.6 is 0 Å². The molecule has 0 aliphatic rings. The van der Waals surface area contributed by atoms with Crippen LogP contribution in [0.3, 0.4) is 0 Å². The lowest BCUT2D eigenvalue weighted by Crippen LogP contribution is -2.38. The van der Waals surface area contributed by atoms with Crippen molar-refractivity contribution in [2.24, 2.45) is 0 Å². The third kappa shape index (κ3) is 5.36. The number of carboxylic acid groups (broad SMARTS) is 1. The standard InChI is InChI=1S/C25H19F5N4O4/c1-12-22(24(35)33-19(10-31-25(36)37)13-4-5-16(27)18(29)9-13)34-8-2-3-20(23(34)32-12)38-11-14-15(26)6-7-17(28)21(14)30/h2-9,19,31H,10-11H2,1H3,(H,33,35)(H,36,37). The van der Waals surface area contributed by atoms with E-state index in [1.165, 1.54) is 35.7 Å². The van der Waals surface area contributed by atoms with Crippen molar-refractivity contribution in [1.29, 1.82) is 0 Å². The molecule has 198 valence electrons. The highest BCUT2D eigenvalue weighted by atomic mass is 19.2. The molecular weight excluding hydrogens is 515 g/mol. The molecule has 2 aromatic carbocycles. The first-order valence-electron chi connectivity index (χ1n) is 11.0. The third-order valence-corrected chi connectivity index (χ3v) is 5.62. The molecule has 0 fully saturated rings. The maximum atomic E-state index is 14.0. The average Bonchev–Trinajstić information content (AvgIpc) is 3.22. The number of amides is 2. The topological polar surface area (TPSA) is 105 Å². The summed E-state index contributed by atoms with van der Waals surface area (Å²) in [7, 11) is 0. The predicted octanol–water partition coefficient (Wildman–Crippen LogP) is 4.66. The summed E-state index contributed by atoms with van der Waals surface area (Å²) < 4.78 is 75.6. The fraction of sp³-hybridized carbons (Fsp3) is 0.160. The van der Waals surface area contributed by atoms with E-state index in [0.29, 0.717) is 6.07 Å². The van der Waals surface area contributed by atoms with Crippen LogP contribution in [0.5, 0.6) is 5.75 Å². The highest BCUT2D eigenvalue weighted by Gasteiger charge is 2.24.